The number of amides is 2. The van der Waals surface area contributed by atoms with E-state index in [2.05, 4.69) is 17.4 Å². The molecular formula is C30H26N2O5S. The molecule has 1 saturated carbocycles. The van der Waals surface area contributed by atoms with Gasteiger partial charge in [0.25, 0.3) is 11.8 Å². The fourth-order valence-electron chi connectivity index (χ4n) is 5.21. The number of methoxy groups -OCH3 is 1. The first kappa shape index (κ1) is 24.3. The van der Waals surface area contributed by atoms with Crippen molar-refractivity contribution >= 4 is 29.5 Å². The molecule has 4 atom stereocenters. The molecule has 2 heterocycles. The van der Waals surface area contributed by atoms with Crippen LogP contribution in [-0.2, 0) is 20.9 Å². The maximum Gasteiger partial charge on any atom is 0.355 e. The number of carbonyl (C=O) groups excluding carboxylic acids is 3. The number of fused-ring (bicyclic) bond motifs is 2. The molecule has 0 aromatic heterocycles. The molecule has 0 spiro atoms. The van der Waals surface area contributed by atoms with Crippen LogP contribution in [0.5, 0.6) is 5.75 Å². The number of carbonyl (C=O) groups is 3. The van der Waals surface area contributed by atoms with Crippen molar-refractivity contribution in [2.45, 2.75) is 35.6 Å². The Morgan fingerprint density at radius 3 is 2.34 bits per heavy atom. The maximum absolute atomic E-state index is 13.4. The van der Waals surface area contributed by atoms with Gasteiger partial charge in [0.15, 0.2) is 0 Å². The molecule has 0 unspecified atom stereocenters. The van der Waals surface area contributed by atoms with Gasteiger partial charge in [0.05, 0.1) is 7.11 Å². The predicted molar refractivity (Wildman–Crippen MR) is 143 cm³/mol. The number of esters is 1. The SMILES string of the molecule is COc1ccc(COC(=O)C2=C3C[C@@H](c4ccccc4)[C@@H]3S[C@@H]3[C@H](NC(=O)c4ccccc4)C(=O)N23)cc1. The summed E-state index contributed by atoms with van der Waals surface area (Å²) in [4.78, 5) is 41.1. The minimum absolute atomic E-state index is 0.0337. The highest BCUT2D eigenvalue weighted by atomic mass is 32.2. The van der Waals surface area contributed by atoms with Crippen molar-refractivity contribution < 1.29 is 23.9 Å². The third kappa shape index (κ3) is 4.24. The lowest BCUT2D eigenvalue weighted by atomic mass is 9.73. The van der Waals surface area contributed by atoms with E-state index in [1.807, 2.05) is 48.5 Å². The Morgan fingerprint density at radius 1 is 0.974 bits per heavy atom. The van der Waals surface area contributed by atoms with E-state index in [0.717, 1.165) is 16.9 Å². The molecule has 0 bridgehead atoms. The van der Waals surface area contributed by atoms with Crippen LogP contribution in [0.15, 0.2) is 96.2 Å². The van der Waals surface area contributed by atoms with Gasteiger partial charge < -0.3 is 14.8 Å². The van der Waals surface area contributed by atoms with Gasteiger partial charge in [0, 0.05) is 16.7 Å². The normalized spacial score (nSPS) is 23.4. The van der Waals surface area contributed by atoms with Gasteiger partial charge in [-0.3, -0.25) is 14.5 Å². The molecule has 1 aliphatic carbocycles. The lowest BCUT2D eigenvalue weighted by molar-refractivity contribution is -0.152. The number of nitrogens with zero attached hydrogens (tertiary/aromatic N) is 1. The van der Waals surface area contributed by atoms with Crippen LogP contribution in [0.1, 0.15) is 33.8 Å². The van der Waals surface area contributed by atoms with Crippen molar-refractivity contribution in [3.8, 4) is 5.75 Å². The van der Waals surface area contributed by atoms with E-state index < -0.39 is 12.0 Å². The van der Waals surface area contributed by atoms with Crippen LogP contribution in [0, 0.1) is 0 Å². The van der Waals surface area contributed by atoms with Crippen LogP contribution in [0.4, 0.5) is 0 Å². The van der Waals surface area contributed by atoms with Gasteiger partial charge in [-0.25, -0.2) is 4.79 Å². The average molecular weight is 527 g/mol. The highest BCUT2D eigenvalue weighted by Crippen LogP contribution is 2.57. The van der Waals surface area contributed by atoms with Crippen molar-refractivity contribution in [2.75, 3.05) is 7.11 Å². The number of thioether (sulfide) groups is 1. The lowest BCUT2D eigenvalue weighted by Gasteiger charge is -2.56. The molecule has 7 nitrogen and oxygen atoms in total. The van der Waals surface area contributed by atoms with Gasteiger partial charge in [-0.2, -0.15) is 0 Å². The van der Waals surface area contributed by atoms with E-state index in [0.29, 0.717) is 17.7 Å². The second-order valence-electron chi connectivity index (χ2n) is 9.49. The smallest absolute Gasteiger partial charge is 0.355 e. The largest absolute Gasteiger partial charge is 0.497 e. The topological polar surface area (TPSA) is 84.9 Å². The van der Waals surface area contributed by atoms with Crippen molar-refractivity contribution in [3.63, 3.8) is 0 Å². The Bertz CT molecular complexity index is 1410. The summed E-state index contributed by atoms with van der Waals surface area (Å²) in [6.07, 6.45) is 0.687. The first-order valence-electron chi connectivity index (χ1n) is 12.5. The summed E-state index contributed by atoms with van der Waals surface area (Å²) in [6, 6.07) is 25.6. The summed E-state index contributed by atoms with van der Waals surface area (Å²) in [7, 11) is 1.60. The zero-order chi connectivity index (χ0) is 26.2. The van der Waals surface area contributed by atoms with E-state index in [1.165, 1.54) is 10.5 Å². The third-order valence-corrected chi connectivity index (χ3v) is 8.96. The molecule has 1 N–H and O–H groups in total. The number of benzene rings is 3. The molecule has 0 radical (unpaired) electrons. The molecule has 2 amide bonds. The summed E-state index contributed by atoms with van der Waals surface area (Å²) in [5.41, 5.74) is 3.77. The average Bonchev–Trinajstić information content (AvgIpc) is 2.96. The monoisotopic (exact) mass is 526 g/mol. The van der Waals surface area contributed by atoms with Gasteiger partial charge in [-0.05, 0) is 47.4 Å². The third-order valence-electron chi connectivity index (χ3n) is 7.30. The predicted octanol–water partition coefficient (Wildman–Crippen LogP) is 4.26. The van der Waals surface area contributed by atoms with Crippen LogP contribution in [0.25, 0.3) is 0 Å². The zero-order valence-corrected chi connectivity index (χ0v) is 21.5. The quantitative estimate of drug-likeness (QED) is 0.366. The summed E-state index contributed by atoms with van der Waals surface area (Å²) < 4.78 is 10.9. The van der Waals surface area contributed by atoms with E-state index >= 15 is 0 Å². The number of ether oxygens (including phenoxy) is 2. The van der Waals surface area contributed by atoms with Crippen LogP contribution in [0.2, 0.25) is 0 Å². The molecule has 3 aromatic carbocycles. The molecule has 3 aliphatic rings. The first-order chi connectivity index (χ1) is 18.5. The molecule has 2 aliphatic heterocycles. The fraction of sp³-hybridized carbons (Fsp3) is 0.233. The summed E-state index contributed by atoms with van der Waals surface area (Å²) >= 11 is 1.63. The molecule has 2 fully saturated rings. The lowest BCUT2D eigenvalue weighted by Crippen LogP contribution is -2.72. The Balaban J connectivity index is 1.24. The molecule has 38 heavy (non-hydrogen) atoms. The molecular weight excluding hydrogens is 500 g/mol. The van der Waals surface area contributed by atoms with Gasteiger partial charge in [-0.15, -0.1) is 11.8 Å². The number of rotatable bonds is 7. The minimum Gasteiger partial charge on any atom is -0.497 e. The number of nitrogens with one attached hydrogen (secondary N) is 1. The highest BCUT2D eigenvalue weighted by Gasteiger charge is 2.60. The molecule has 192 valence electrons. The Labute approximate surface area is 224 Å². The van der Waals surface area contributed by atoms with Crippen molar-refractivity contribution in [3.05, 3.63) is 113 Å². The van der Waals surface area contributed by atoms with Crippen molar-refractivity contribution in [1.29, 1.82) is 0 Å². The Morgan fingerprint density at radius 2 is 1.66 bits per heavy atom. The van der Waals surface area contributed by atoms with Crippen LogP contribution < -0.4 is 10.1 Å². The van der Waals surface area contributed by atoms with E-state index in [-0.39, 0.29) is 35.0 Å². The van der Waals surface area contributed by atoms with E-state index in [4.69, 9.17) is 9.47 Å². The van der Waals surface area contributed by atoms with Gasteiger partial charge in [0.2, 0.25) is 0 Å². The Kier molecular flexibility index (Phi) is 6.41. The standard InChI is InChI=1S/C30H26N2O5S/c1-36-21-14-12-18(13-15-21)17-37-30(35)25-23-16-22(19-8-4-2-5-9-19)26(23)38-29-24(28(34)32(25)29)31-27(33)20-10-6-3-7-11-20/h2-15,22,24,26,29H,16-17H2,1H3,(H,31,33)/t22-,24+,26-,29+/m0/s1. The van der Waals surface area contributed by atoms with E-state index in [9.17, 15) is 14.4 Å². The zero-order valence-electron chi connectivity index (χ0n) is 20.7. The van der Waals surface area contributed by atoms with Gasteiger partial charge in [-0.1, -0.05) is 60.7 Å². The van der Waals surface area contributed by atoms with Crippen LogP contribution >= 0.6 is 11.8 Å². The summed E-state index contributed by atoms with van der Waals surface area (Å²) in [5.74, 6) is -0.174. The second kappa shape index (κ2) is 10.0. The maximum atomic E-state index is 13.4. The van der Waals surface area contributed by atoms with Crippen molar-refractivity contribution in [1.82, 2.24) is 10.2 Å². The summed E-state index contributed by atoms with van der Waals surface area (Å²) in [6.45, 7) is 0.0837. The summed E-state index contributed by atoms with van der Waals surface area (Å²) in [5, 5.41) is 2.54. The Hall–Kier alpha value is -4.04. The van der Waals surface area contributed by atoms with Gasteiger partial charge in [0.1, 0.15) is 29.5 Å². The molecule has 8 heteroatoms. The molecule has 3 aromatic rings. The van der Waals surface area contributed by atoms with Crippen LogP contribution in [0.3, 0.4) is 0 Å². The minimum atomic E-state index is -0.712. The van der Waals surface area contributed by atoms with E-state index in [1.54, 1.807) is 43.1 Å². The number of hydrogen-bond acceptors (Lipinski definition) is 6. The fourth-order valence-corrected chi connectivity index (χ4v) is 6.99. The van der Waals surface area contributed by atoms with Crippen molar-refractivity contribution in [2.24, 2.45) is 0 Å². The number of β-lactam (4-membered cyclic amide) rings is 1. The van der Waals surface area contributed by atoms with Crippen LogP contribution in [-0.4, -0.2) is 46.5 Å². The first-order valence-corrected chi connectivity index (χ1v) is 13.4. The molecule has 6 rings (SSSR count). The highest BCUT2D eigenvalue weighted by molar-refractivity contribution is 8.01. The molecule has 1 saturated heterocycles. The van der Waals surface area contributed by atoms with Gasteiger partial charge >= 0.3 is 5.97 Å². The second-order valence-corrected chi connectivity index (χ2v) is 10.8. The number of hydrogen-bond donors (Lipinski definition) is 1.